The van der Waals surface area contributed by atoms with E-state index in [0.717, 1.165) is 16.9 Å². The summed E-state index contributed by atoms with van der Waals surface area (Å²) in [5.74, 6) is 0.747. The molecule has 0 heterocycles. The van der Waals surface area contributed by atoms with Gasteiger partial charge in [0.05, 0.1) is 6.61 Å². The summed E-state index contributed by atoms with van der Waals surface area (Å²) >= 11 is 0. The van der Waals surface area contributed by atoms with Crippen molar-refractivity contribution in [2.24, 2.45) is 0 Å². The van der Waals surface area contributed by atoms with Gasteiger partial charge in [-0.2, -0.15) is 0 Å². The normalized spacial score (nSPS) is 12.1. The molecular weight excluding hydrogens is 240 g/mol. The fourth-order valence-corrected chi connectivity index (χ4v) is 1.81. The van der Waals surface area contributed by atoms with E-state index in [1.54, 1.807) is 7.11 Å². The summed E-state index contributed by atoms with van der Waals surface area (Å²) in [4.78, 5) is 0. The molecule has 19 heavy (non-hydrogen) atoms. The van der Waals surface area contributed by atoms with Gasteiger partial charge in [0.1, 0.15) is 18.5 Å². The highest BCUT2D eigenvalue weighted by Gasteiger charge is 2.07. The maximum Gasteiger partial charge on any atom is 0.120 e. The zero-order valence-corrected chi connectivity index (χ0v) is 11.0. The third-order valence-electron chi connectivity index (χ3n) is 2.82. The van der Waals surface area contributed by atoms with E-state index in [9.17, 15) is 5.11 Å². The molecule has 0 saturated carbocycles. The summed E-state index contributed by atoms with van der Waals surface area (Å²) < 4.78 is 10.6. The zero-order chi connectivity index (χ0) is 13.5. The molecule has 2 aromatic carbocycles. The average molecular weight is 258 g/mol. The average Bonchev–Trinajstić information content (AvgIpc) is 2.47. The number of hydrogen-bond acceptors (Lipinski definition) is 3. The minimum Gasteiger partial charge on any atom is -0.489 e. The van der Waals surface area contributed by atoms with Gasteiger partial charge >= 0.3 is 0 Å². The van der Waals surface area contributed by atoms with Gasteiger partial charge in [-0.15, -0.1) is 0 Å². The van der Waals surface area contributed by atoms with Crippen molar-refractivity contribution in [2.45, 2.75) is 12.7 Å². The Hall–Kier alpha value is -1.84. The Balaban J connectivity index is 1.99. The van der Waals surface area contributed by atoms with Crippen molar-refractivity contribution in [1.29, 1.82) is 0 Å². The van der Waals surface area contributed by atoms with E-state index < -0.39 is 6.10 Å². The highest BCUT2D eigenvalue weighted by Crippen LogP contribution is 2.20. The Bertz CT molecular complexity index is 496. The lowest BCUT2D eigenvalue weighted by Gasteiger charge is -2.12. The van der Waals surface area contributed by atoms with E-state index in [1.807, 2.05) is 54.6 Å². The number of benzene rings is 2. The van der Waals surface area contributed by atoms with Gasteiger partial charge in [0.2, 0.25) is 0 Å². The van der Waals surface area contributed by atoms with E-state index in [1.165, 1.54) is 0 Å². The van der Waals surface area contributed by atoms with Crippen molar-refractivity contribution in [2.75, 3.05) is 13.7 Å². The number of aliphatic hydroxyl groups excluding tert-OH is 1. The maximum atomic E-state index is 9.85. The van der Waals surface area contributed by atoms with Crippen molar-refractivity contribution in [3.8, 4) is 5.75 Å². The number of hydrogen-bond donors (Lipinski definition) is 1. The Morgan fingerprint density at radius 2 is 1.84 bits per heavy atom. The fraction of sp³-hybridized carbons (Fsp3) is 0.250. The van der Waals surface area contributed by atoms with Crippen LogP contribution in [0.15, 0.2) is 54.6 Å². The van der Waals surface area contributed by atoms with Crippen LogP contribution in [0.2, 0.25) is 0 Å². The molecular formula is C16H18O3. The van der Waals surface area contributed by atoms with Gasteiger partial charge in [-0.05, 0) is 23.3 Å². The van der Waals surface area contributed by atoms with Crippen LogP contribution < -0.4 is 4.74 Å². The second-order valence-electron chi connectivity index (χ2n) is 4.32. The zero-order valence-electron chi connectivity index (χ0n) is 11.0. The molecule has 2 rings (SSSR count). The summed E-state index contributed by atoms with van der Waals surface area (Å²) in [5.41, 5.74) is 1.91. The fourth-order valence-electron chi connectivity index (χ4n) is 1.81. The standard InChI is InChI=1S/C16H18O3/c1-18-12-16(17)14-8-5-9-15(10-14)19-11-13-6-3-2-4-7-13/h2-10,16-17H,11-12H2,1H3. The first kappa shape index (κ1) is 13.6. The highest BCUT2D eigenvalue weighted by atomic mass is 16.5. The summed E-state index contributed by atoms with van der Waals surface area (Å²) in [6.45, 7) is 0.798. The van der Waals surface area contributed by atoms with Crippen molar-refractivity contribution in [3.05, 3.63) is 65.7 Å². The second kappa shape index (κ2) is 6.92. The predicted molar refractivity (Wildman–Crippen MR) is 74.1 cm³/mol. The van der Waals surface area contributed by atoms with Crippen molar-refractivity contribution >= 4 is 0 Å². The van der Waals surface area contributed by atoms with E-state index in [0.29, 0.717) is 6.61 Å². The van der Waals surface area contributed by atoms with Crippen LogP contribution in [0.1, 0.15) is 17.2 Å². The molecule has 3 heteroatoms. The van der Waals surface area contributed by atoms with Crippen LogP contribution in [0.4, 0.5) is 0 Å². The number of rotatable bonds is 6. The molecule has 100 valence electrons. The predicted octanol–water partition coefficient (Wildman–Crippen LogP) is 2.95. The van der Waals surface area contributed by atoms with Crippen molar-refractivity contribution < 1.29 is 14.6 Å². The summed E-state index contributed by atoms with van der Waals surface area (Å²) in [6, 6.07) is 17.4. The van der Waals surface area contributed by atoms with Crippen molar-refractivity contribution in [1.82, 2.24) is 0 Å². The first-order valence-corrected chi connectivity index (χ1v) is 6.23. The molecule has 0 aliphatic rings. The minimum atomic E-state index is -0.620. The Labute approximate surface area is 113 Å². The lowest BCUT2D eigenvalue weighted by molar-refractivity contribution is 0.0642. The van der Waals surface area contributed by atoms with Crippen LogP contribution in [0, 0.1) is 0 Å². The van der Waals surface area contributed by atoms with Crippen LogP contribution in [-0.4, -0.2) is 18.8 Å². The number of methoxy groups -OCH3 is 1. The monoisotopic (exact) mass is 258 g/mol. The Morgan fingerprint density at radius 1 is 1.05 bits per heavy atom. The van der Waals surface area contributed by atoms with Gasteiger partial charge in [-0.1, -0.05) is 42.5 Å². The van der Waals surface area contributed by atoms with Gasteiger partial charge in [0.15, 0.2) is 0 Å². The SMILES string of the molecule is COCC(O)c1cccc(OCc2ccccc2)c1. The van der Waals surface area contributed by atoms with Gasteiger partial charge in [0.25, 0.3) is 0 Å². The molecule has 1 N–H and O–H groups in total. The molecule has 3 nitrogen and oxygen atoms in total. The molecule has 0 aliphatic carbocycles. The van der Waals surface area contributed by atoms with E-state index in [2.05, 4.69) is 0 Å². The summed E-state index contributed by atoms with van der Waals surface area (Å²) in [5, 5.41) is 9.85. The molecule has 0 aliphatic heterocycles. The number of aliphatic hydroxyl groups is 1. The highest BCUT2D eigenvalue weighted by molar-refractivity contribution is 5.30. The van der Waals surface area contributed by atoms with Crippen LogP contribution in [0.5, 0.6) is 5.75 Å². The first-order chi connectivity index (χ1) is 9.29. The lowest BCUT2D eigenvalue weighted by Crippen LogP contribution is -2.05. The second-order valence-corrected chi connectivity index (χ2v) is 4.32. The van der Waals surface area contributed by atoms with E-state index >= 15 is 0 Å². The molecule has 0 fully saturated rings. The smallest absolute Gasteiger partial charge is 0.120 e. The molecule has 0 aromatic heterocycles. The minimum absolute atomic E-state index is 0.280. The Kier molecular flexibility index (Phi) is 4.95. The topological polar surface area (TPSA) is 38.7 Å². The molecule has 0 bridgehead atoms. The van der Waals surface area contributed by atoms with Crippen LogP contribution in [0.25, 0.3) is 0 Å². The lowest BCUT2D eigenvalue weighted by atomic mass is 10.1. The first-order valence-electron chi connectivity index (χ1n) is 6.23. The Morgan fingerprint density at radius 3 is 2.58 bits per heavy atom. The number of ether oxygens (including phenoxy) is 2. The largest absolute Gasteiger partial charge is 0.489 e. The molecule has 0 amide bonds. The van der Waals surface area contributed by atoms with Crippen LogP contribution >= 0.6 is 0 Å². The third-order valence-corrected chi connectivity index (χ3v) is 2.82. The van der Waals surface area contributed by atoms with Gasteiger partial charge in [-0.3, -0.25) is 0 Å². The molecule has 1 atom stereocenters. The van der Waals surface area contributed by atoms with E-state index in [4.69, 9.17) is 9.47 Å². The van der Waals surface area contributed by atoms with Gasteiger partial charge < -0.3 is 14.6 Å². The molecule has 0 spiro atoms. The molecule has 1 unspecified atom stereocenters. The van der Waals surface area contributed by atoms with Gasteiger partial charge in [0, 0.05) is 7.11 Å². The van der Waals surface area contributed by atoms with E-state index in [-0.39, 0.29) is 6.61 Å². The van der Waals surface area contributed by atoms with Crippen molar-refractivity contribution in [3.63, 3.8) is 0 Å². The third kappa shape index (κ3) is 4.09. The summed E-state index contributed by atoms with van der Waals surface area (Å²) in [6.07, 6.45) is -0.620. The van der Waals surface area contributed by atoms with Crippen LogP contribution in [0.3, 0.4) is 0 Å². The van der Waals surface area contributed by atoms with Crippen LogP contribution in [-0.2, 0) is 11.3 Å². The molecule has 2 aromatic rings. The summed E-state index contributed by atoms with van der Waals surface area (Å²) in [7, 11) is 1.57. The molecule has 0 saturated heterocycles. The molecule has 0 radical (unpaired) electrons. The quantitative estimate of drug-likeness (QED) is 0.865. The van der Waals surface area contributed by atoms with Gasteiger partial charge in [-0.25, -0.2) is 0 Å². The maximum absolute atomic E-state index is 9.85.